The van der Waals surface area contributed by atoms with Crippen molar-refractivity contribution in [2.75, 3.05) is 28.4 Å². The fourth-order valence-electron chi connectivity index (χ4n) is 2.59. The van der Waals surface area contributed by atoms with Gasteiger partial charge in [0, 0.05) is 12.6 Å². The third kappa shape index (κ3) is 3.39. The van der Waals surface area contributed by atoms with Crippen LogP contribution >= 0.6 is 11.6 Å². The number of rotatable bonds is 6. The number of halogens is 1. The van der Waals surface area contributed by atoms with Crippen LogP contribution in [0.15, 0.2) is 24.3 Å². The summed E-state index contributed by atoms with van der Waals surface area (Å²) in [6.07, 6.45) is 0. The summed E-state index contributed by atoms with van der Waals surface area (Å²) in [5, 5.41) is 12.3. The number of carbonyl (C=O) groups excluding carboxylic acids is 1. The van der Waals surface area contributed by atoms with E-state index in [1.165, 1.54) is 34.4 Å². The predicted octanol–water partition coefficient (Wildman–Crippen LogP) is 3.09. The maximum atomic E-state index is 12.0. The lowest BCUT2D eigenvalue weighted by atomic mass is 9.98. The van der Waals surface area contributed by atoms with Crippen LogP contribution in [0.4, 0.5) is 0 Å². The molecule has 0 saturated carbocycles. The summed E-state index contributed by atoms with van der Waals surface area (Å²) in [7, 11) is 5.64. The van der Waals surface area contributed by atoms with Gasteiger partial charge in [-0.15, -0.1) is 0 Å². The summed E-state index contributed by atoms with van der Waals surface area (Å²) in [5.74, 6) is -1.10. The van der Waals surface area contributed by atoms with E-state index >= 15 is 0 Å². The van der Waals surface area contributed by atoms with Crippen molar-refractivity contribution in [3.8, 4) is 28.4 Å². The molecule has 2 aromatic rings. The molecule has 0 radical (unpaired) electrons. The number of benzene rings is 2. The van der Waals surface area contributed by atoms with E-state index in [0.717, 1.165) is 0 Å². The number of aromatic carboxylic acids is 1. The third-order valence-electron chi connectivity index (χ3n) is 3.78. The lowest BCUT2D eigenvalue weighted by Crippen LogP contribution is -2.18. The van der Waals surface area contributed by atoms with Crippen molar-refractivity contribution in [2.45, 2.75) is 0 Å². The summed E-state index contributed by atoms with van der Waals surface area (Å²) in [4.78, 5) is 23.7. The van der Waals surface area contributed by atoms with Crippen molar-refractivity contribution >= 4 is 23.5 Å². The second-order valence-corrected chi connectivity index (χ2v) is 5.56. The molecule has 0 saturated heterocycles. The first-order valence-corrected chi connectivity index (χ1v) is 7.85. The molecule has 2 N–H and O–H groups in total. The van der Waals surface area contributed by atoms with E-state index in [-0.39, 0.29) is 39.3 Å². The molecule has 0 spiro atoms. The predicted molar refractivity (Wildman–Crippen MR) is 96.9 cm³/mol. The van der Waals surface area contributed by atoms with Gasteiger partial charge in [0.05, 0.1) is 31.9 Å². The second-order valence-electron chi connectivity index (χ2n) is 5.15. The fourth-order valence-corrected chi connectivity index (χ4v) is 2.79. The zero-order chi connectivity index (χ0) is 19.4. The van der Waals surface area contributed by atoms with Gasteiger partial charge in [-0.2, -0.15) is 0 Å². The first kappa shape index (κ1) is 19.4. The average Bonchev–Trinajstić information content (AvgIpc) is 2.65. The lowest BCUT2D eigenvalue weighted by Gasteiger charge is -2.18. The van der Waals surface area contributed by atoms with Crippen molar-refractivity contribution in [2.24, 2.45) is 0 Å². The lowest BCUT2D eigenvalue weighted by molar-refractivity contribution is 0.0692. The number of hydrogen-bond donors (Lipinski definition) is 2. The van der Waals surface area contributed by atoms with Gasteiger partial charge in [-0.25, -0.2) is 4.79 Å². The molecule has 0 fully saturated rings. The van der Waals surface area contributed by atoms with Crippen molar-refractivity contribution in [1.29, 1.82) is 0 Å². The largest absolute Gasteiger partial charge is 0.492 e. The van der Waals surface area contributed by atoms with E-state index in [4.69, 9.17) is 25.8 Å². The van der Waals surface area contributed by atoms with Crippen LogP contribution in [-0.2, 0) is 0 Å². The molecule has 7 nitrogen and oxygen atoms in total. The molecule has 0 aliphatic carbocycles. The molecule has 0 atom stereocenters. The van der Waals surface area contributed by atoms with Gasteiger partial charge in [-0.1, -0.05) is 17.7 Å². The zero-order valence-electron chi connectivity index (χ0n) is 14.7. The number of carbonyl (C=O) groups is 2. The van der Waals surface area contributed by atoms with E-state index in [0.29, 0.717) is 11.1 Å². The Hall–Kier alpha value is -2.93. The van der Waals surface area contributed by atoms with Gasteiger partial charge in [0.15, 0.2) is 11.5 Å². The first-order chi connectivity index (χ1) is 12.4. The number of methoxy groups -OCH3 is 3. The molecule has 8 heteroatoms. The van der Waals surface area contributed by atoms with E-state index in [2.05, 4.69) is 5.32 Å². The van der Waals surface area contributed by atoms with Crippen LogP contribution in [0.3, 0.4) is 0 Å². The summed E-state index contributed by atoms with van der Waals surface area (Å²) in [6, 6.07) is 6.16. The number of carboxylic acid groups (broad SMARTS) is 1. The van der Waals surface area contributed by atoms with E-state index in [1.54, 1.807) is 18.2 Å². The molecule has 0 aliphatic heterocycles. The van der Waals surface area contributed by atoms with Crippen molar-refractivity contribution in [1.82, 2.24) is 5.32 Å². The number of nitrogens with one attached hydrogen (secondary N) is 1. The summed E-state index contributed by atoms with van der Waals surface area (Å²) >= 11 is 6.09. The van der Waals surface area contributed by atoms with Gasteiger partial charge in [0.2, 0.25) is 5.75 Å². The van der Waals surface area contributed by atoms with Crippen LogP contribution in [0.2, 0.25) is 5.02 Å². The fraction of sp³-hybridized carbons (Fsp3) is 0.222. The zero-order valence-corrected chi connectivity index (χ0v) is 15.4. The maximum Gasteiger partial charge on any atom is 0.339 e. The Morgan fingerprint density at radius 3 is 2.08 bits per heavy atom. The molecule has 26 heavy (non-hydrogen) atoms. The van der Waals surface area contributed by atoms with Crippen molar-refractivity contribution in [3.63, 3.8) is 0 Å². The monoisotopic (exact) mass is 379 g/mol. The molecule has 0 heterocycles. The van der Waals surface area contributed by atoms with Crippen LogP contribution in [0.1, 0.15) is 20.7 Å². The summed E-state index contributed by atoms with van der Waals surface area (Å²) in [5.41, 5.74) is 1.11. The van der Waals surface area contributed by atoms with Crippen molar-refractivity contribution < 1.29 is 28.9 Å². The van der Waals surface area contributed by atoms with E-state index < -0.39 is 5.97 Å². The van der Waals surface area contributed by atoms with Gasteiger partial charge < -0.3 is 24.6 Å². The Morgan fingerprint density at radius 1 is 0.962 bits per heavy atom. The SMILES string of the molecule is CNC(=O)c1cc(-c2cc(C(=O)O)c(OC)c(OC)c2OC)ccc1Cl. The van der Waals surface area contributed by atoms with E-state index in [1.807, 2.05) is 0 Å². The maximum absolute atomic E-state index is 12.0. The van der Waals surface area contributed by atoms with Crippen LogP contribution in [0.25, 0.3) is 11.1 Å². The van der Waals surface area contributed by atoms with Gasteiger partial charge in [-0.3, -0.25) is 4.79 Å². The second kappa shape index (κ2) is 7.97. The molecular formula is C18H18ClNO6. The van der Waals surface area contributed by atoms with Gasteiger partial charge in [-0.05, 0) is 23.8 Å². The minimum Gasteiger partial charge on any atom is -0.492 e. The molecule has 0 bridgehead atoms. The Kier molecular flexibility index (Phi) is 5.94. The van der Waals surface area contributed by atoms with Gasteiger partial charge >= 0.3 is 5.97 Å². The molecule has 0 aliphatic rings. The highest BCUT2D eigenvalue weighted by molar-refractivity contribution is 6.34. The molecule has 2 aromatic carbocycles. The third-order valence-corrected chi connectivity index (χ3v) is 4.11. The topological polar surface area (TPSA) is 94.1 Å². The standard InChI is InChI=1S/C18H18ClNO6/c1-20-17(21)11-7-9(5-6-13(11)19)10-8-12(18(22)23)15(25-3)16(26-4)14(10)24-2/h5-8H,1-4H3,(H,20,21)(H,22,23). The summed E-state index contributed by atoms with van der Waals surface area (Å²) < 4.78 is 15.9. The quantitative estimate of drug-likeness (QED) is 0.801. The van der Waals surface area contributed by atoms with Crippen LogP contribution in [0.5, 0.6) is 17.2 Å². The van der Waals surface area contributed by atoms with Crippen molar-refractivity contribution in [3.05, 3.63) is 40.4 Å². The Bertz CT molecular complexity index is 865. The first-order valence-electron chi connectivity index (χ1n) is 7.47. The minimum atomic E-state index is -1.19. The molecule has 2 rings (SSSR count). The Balaban J connectivity index is 2.83. The van der Waals surface area contributed by atoms with Crippen LogP contribution in [-0.4, -0.2) is 45.4 Å². The molecule has 1 amide bonds. The molecule has 0 unspecified atom stereocenters. The molecule has 138 valence electrons. The highest BCUT2D eigenvalue weighted by atomic mass is 35.5. The smallest absolute Gasteiger partial charge is 0.339 e. The Morgan fingerprint density at radius 2 is 1.58 bits per heavy atom. The average molecular weight is 380 g/mol. The highest BCUT2D eigenvalue weighted by Crippen LogP contribution is 2.47. The number of carboxylic acids is 1. The Labute approximate surface area is 155 Å². The molecule has 0 aromatic heterocycles. The summed E-state index contributed by atoms with van der Waals surface area (Å²) in [6.45, 7) is 0. The highest BCUT2D eigenvalue weighted by Gasteiger charge is 2.25. The van der Waals surface area contributed by atoms with Crippen LogP contribution in [0, 0.1) is 0 Å². The number of ether oxygens (including phenoxy) is 3. The number of amides is 1. The minimum absolute atomic E-state index is 0.0427. The number of hydrogen-bond acceptors (Lipinski definition) is 5. The van der Waals surface area contributed by atoms with Gasteiger partial charge in [0.25, 0.3) is 5.91 Å². The van der Waals surface area contributed by atoms with Crippen LogP contribution < -0.4 is 19.5 Å². The van der Waals surface area contributed by atoms with E-state index in [9.17, 15) is 14.7 Å². The normalized spacial score (nSPS) is 10.2. The molecular weight excluding hydrogens is 362 g/mol. The van der Waals surface area contributed by atoms with Gasteiger partial charge in [0.1, 0.15) is 5.56 Å².